The summed E-state index contributed by atoms with van der Waals surface area (Å²) in [6.07, 6.45) is 2.12. The number of fused-ring (bicyclic) bond motifs is 1. The minimum atomic E-state index is 0. The number of aryl methyl sites for hydroxylation is 1. The van der Waals surface area contributed by atoms with E-state index in [1.807, 2.05) is 0 Å². The Balaban J connectivity index is 0.00000128. The highest BCUT2D eigenvalue weighted by Gasteiger charge is 2.08. The normalized spacial score (nSPS) is 10.1. The van der Waals surface area contributed by atoms with Gasteiger partial charge in [0.2, 0.25) is 5.52 Å². The molecule has 0 N–H and O–H groups in total. The Kier molecular flexibility index (Phi) is 4.71. The molecule has 0 radical (unpaired) electrons. The molecule has 0 spiro atoms. The first-order valence-electron chi connectivity index (χ1n) is 5.19. The maximum absolute atomic E-state index is 5.10. The molecule has 3 heteroatoms. The van der Waals surface area contributed by atoms with E-state index in [1.165, 1.54) is 16.5 Å². The summed E-state index contributed by atoms with van der Waals surface area (Å²) >= 11 is 0. The Morgan fingerprint density at radius 2 is 1.94 bits per heavy atom. The van der Waals surface area contributed by atoms with Gasteiger partial charge in [-0.05, 0) is 18.6 Å². The van der Waals surface area contributed by atoms with E-state index in [2.05, 4.69) is 48.0 Å². The summed E-state index contributed by atoms with van der Waals surface area (Å²) in [5.74, 6) is 0. The summed E-state index contributed by atoms with van der Waals surface area (Å²) < 4.78 is 7.33. The van der Waals surface area contributed by atoms with Crippen LogP contribution in [0.25, 0.3) is 10.9 Å². The van der Waals surface area contributed by atoms with Crippen LogP contribution in [0.3, 0.4) is 0 Å². The first-order chi connectivity index (χ1) is 7.33. The van der Waals surface area contributed by atoms with Crippen molar-refractivity contribution in [3.63, 3.8) is 0 Å². The molecule has 0 unspecified atom stereocenters. The fourth-order valence-electron chi connectivity index (χ4n) is 1.81. The third kappa shape index (κ3) is 2.52. The van der Waals surface area contributed by atoms with Gasteiger partial charge < -0.3 is 17.1 Å². The Hall–Kier alpha value is -1.12. The third-order valence-electron chi connectivity index (χ3n) is 2.68. The highest BCUT2D eigenvalue weighted by Crippen LogP contribution is 2.13. The van der Waals surface area contributed by atoms with Crippen LogP contribution in [0.2, 0.25) is 0 Å². The molecule has 0 bridgehead atoms. The van der Waals surface area contributed by atoms with Gasteiger partial charge in [0.1, 0.15) is 6.61 Å². The molecular weight excluding hydrogens is 222 g/mol. The fraction of sp³-hybridized carbons (Fsp3) is 0.308. The smallest absolute Gasteiger partial charge is 0.212 e. The SMILES string of the molecule is COCC[n+]1ccc(C)c2ccccc21.[Cl-]. The van der Waals surface area contributed by atoms with E-state index in [0.29, 0.717) is 0 Å². The number of pyridine rings is 1. The molecule has 16 heavy (non-hydrogen) atoms. The van der Waals surface area contributed by atoms with Crippen LogP contribution in [-0.2, 0) is 11.3 Å². The van der Waals surface area contributed by atoms with Gasteiger partial charge in [-0.2, -0.15) is 4.57 Å². The summed E-state index contributed by atoms with van der Waals surface area (Å²) in [6.45, 7) is 3.79. The molecule has 1 aromatic carbocycles. The predicted octanol–water partition coefficient (Wildman–Crippen LogP) is -0.914. The number of aromatic nitrogens is 1. The van der Waals surface area contributed by atoms with E-state index in [9.17, 15) is 0 Å². The second kappa shape index (κ2) is 5.83. The zero-order chi connectivity index (χ0) is 10.7. The molecule has 2 nitrogen and oxygen atoms in total. The van der Waals surface area contributed by atoms with E-state index >= 15 is 0 Å². The van der Waals surface area contributed by atoms with Gasteiger partial charge in [0.25, 0.3) is 0 Å². The van der Waals surface area contributed by atoms with Crippen LogP contribution >= 0.6 is 0 Å². The van der Waals surface area contributed by atoms with Crippen molar-refractivity contribution in [3.05, 3.63) is 42.1 Å². The molecule has 2 aromatic rings. The molecule has 2 rings (SSSR count). The van der Waals surface area contributed by atoms with E-state index < -0.39 is 0 Å². The standard InChI is InChI=1S/C13H16NO.ClH/c1-11-7-8-14(9-10-15-2)13-6-4-3-5-12(11)13;/h3-8H,9-10H2,1-2H3;1H/q+1;/p-1. The van der Waals surface area contributed by atoms with Crippen LogP contribution in [0.5, 0.6) is 0 Å². The number of halogens is 1. The Morgan fingerprint density at radius 3 is 2.69 bits per heavy atom. The molecule has 86 valence electrons. The molecule has 0 fully saturated rings. The van der Waals surface area contributed by atoms with Crippen molar-refractivity contribution in [1.29, 1.82) is 0 Å². The van der Waals surface area contributed by atoms with Gasteiger partial charge in [0.05, 0.1) is 0 Å². The van der Waals surface area contributed by atoms with Crippen molar-refractivity contribution in [2.24, 2.45) is 0 Å². The lowest BCUT2D eigenvalue weighted by atomic mass is 10.1. The number of nitrogens with zero attached hydrogens (tertiary/aromatic N) is 1. The molecule has 0 saturated heterocycles. The first kappa shape index (κ1) is 12.9. The monoisotopic (exact) mass is 237 g/mol. The van der Waals surface area contributed by atoms with Crippen molar-refractivity contribution < 1.29 is 21.7 Å². The lowest BCUT2D eigenvalue weighted by Crippen LogP contribution is -3.00. The molecule has 0 amide bonds. The van der Waals surface area contributed by atoms with E-state index in [0.717, 1.165) is 13.2 Å². The minimum absolute atomic E-state index is 0. The van der Waals surface area contributed by atoms with Gasteiger partial charge in [0.15, 0.2) is 12.7 Å². The molecule has 0 aliphatic heterocycles. The van der Waals surface area contributed by atoms with Gasteiger partial charge >= 0.3 is 0 Å². The first-order valence-corrected chi connectivity index (χ1v) is 5.19. The van der Waals surface area contributed by atoms with Gasteiger partial charge in [-0.3, -0.25) is 0 Å². The lowest BCUT2D eigenvalue weighted by Gasteiger charge is -2.02. The largest absolute Gasteiger partial charge is 1.00 e. The third-order valence-corrected chi connectivity index (χ3v) is 2.68. The minimum Gasteiger partial charge on any atom is -1.00 e. The number of methoxy groups -OCH3 is 1. The van der Waals surface area contributed by atoms with Gasteiger partial charge in [0, 0.05) is 24.6 Å². The fourth-order valence-corrected chi connectivity index (χ4v) is 1.81. The summed E-state index contributed by atoms with van der Waals surface area (Å²) in [4.78, 5) is 0. The average molecular weight is 238 g/mol. The quantitative estimate of drug-likeness (QED) is 0.630. The molecule has 0 atom stereocenters. The maximum Gasteiger partial charge on any atom is 0.212 e. The van der Waals surface area contributed by atoms with Gasteiger partial charge in [-0.25, -0.2) is 0 Å². The van der Waals surface area contributed by atoms with E-state index in [1.54, 1.807) is 7.11 Å². The van der Waals surface area contributed by atoms with Crippen molar-refractivity contribution in [3.8, 4) is 0 Å². The van der Waals surface area contributed by atoms with Crippen molar-refractivity contribution in [1.82, 2.24) is 0 Å². The van der Waals surface area contributed by atoms with Crippen molar-refractivity contribution in [2.45, 2.75) is 13.5 Å². The van der Waals surface area contributed by atoms with Crippen LogP contribution in [0.4, 0.5) is 0 Å². The van der Waals surface area contributed by atoms with E-state index in [-0.39, 0.29) is 12.4 Å². The Labute approximate surface area is 102 Å². The number of benzene rings is 1. The zero-order valence-corrected chi connectivity index (χ0v) is 10.4. The highest BCUT2D eigenvalue weighted by molar-refractivity contribution is 5.78. The van der Waals surface area contributed by atoms with Crippen LogP contribution in [-0.4, -0.2) is 13.7 Å². The molecule has 1 aromatic heterocycles. The van der Waals surface area contributed by atoms with Crippen molar-refractivity contribution in [2.75, 3.05) is 13.7 Å². The Morgan fingerprint density at radius 1 is 1.19 bits per heavy atom. The molecule has 0 saturated carbocycles. The summed E-state index contributed by atoms with van der Waals surface area (Å²) in [6, 6.07) is 10.6. The lowest BCUT2D eigenvalue weighted by molar-refractivity contribution is -0.673. The van der Waals surface area contributed by atoms with Crippen LogP contribution < -0.4 is 17.0 Å². The number of ether oxygens (including phenoxy) is 1. The molecule has 0 aliphatic carbocycles. The number of para-hydroxylation sites is 1. The van der Waals surface area contributed by atoms with Gasteiger partial charge in [-0.1, -0.05) is 12.1 Å². The number of hydrogen-bond donors (Lipinski definition) is 0. The van der Waals surface area contributed by atoms with Crippen LogP contribution in [0, 0.1) is 6.92 Å². The van der Waals surface area contributed by atoms with Crippen LogP contribution in [0.15, 0.2) is 36.5 Å². The van der Waals surface area contributed by atoms with Crippen LogP contribution in [0.1, 0.15) is 5.56 Å². The van der Waals surface area contributed by atoms with Gasteiger partial charge in [-0.15, -0.1) is 0 Å². The topological polar surface area (TPSA) is 13.1 Å². The number of rotatable bonds is 3. The summed E-state index contributed by atoms with van der Waals surface area (Å²) in [5.41, 5.74) is 2.59. The summed E-state index contributed by atoms with van der Waals surface area (Å²) in [7, 11) is 1.73. The maximum atomic E-state index is 5.10. The number of hydrogen-bond acceptors (Lipinski definition) is 1. The highest BCUT2D eigenvalue weighted by atomic mass is 35.5. The zero-order valence-electron chi connectivity index (χ0n) is 9.61. The molecule has 0 aliphatic rings. The molecule has 1 heterocycles. The molecular formula is C13H16ClNO. The van der Waals surface area contributed by atoms with E-state index in [4.69, 9.17) is 4.74 Å². The predicted molar refractivity (Wildman–Crippen MR) is 60.8 cm³/mol. The second-order valence-electron chi connectivity index (χ2n) is 3.70. The average Bonchev–Trinajstić information content (AvgIpc) is 2.29. The summed E-state index contributed by atoms with van der Waals surface area (Å²) in [5, 5.41) is 1.32. The Bertz CT molecular complexity index is 470. The van der Waals surface area contributed by atoms with Crippen molar-refractivity contribution >= 4 is 10.9 Å². The second-order valence-corrected chi connectivity index (χ2v) is 3.70.